The summed E-state index contributed by atoms with van der Waals surface area (Å²) in [6, 6.07) is 4.28. The van der Waals surface area contributed by atoms with Gasteiger partial charge < -0.3 is 10.5 Å². The van der Waals surface area contributed by atoms with E-state index in [1.165, 1.54) is 6.20 Å². The summed E-state index contributed by atoms with van der Waals surface area (Å²) in [4.78, 5) is 6.29. The Morgan fingerprint density at radius 1 is 1.30 bits per heavy atom. The zero-order valence-corrected chi connectivity index (χ0v) is 19.6. The lowest BCUT2D eigenvalue weighted by atomic mass is 9.95. The first kappa shape index (κ1) is 22.7. The van der Waals surface area contributed by atoms with Crippen LogP contribution < -0.4 is 5.73 Å². The molecule has 2 N–H and O–H groups in total. The van der Waals surface area contributed by atoms with Crippen LogP contribution in [0.15, 0.2) is 18.3 Å². The van der Waals surface area contributed by atoms with E-state index in [1.807, 2.05) is 10.7 Å². The average molecular weight is 464 g/mol. The van der Waals surface area contributed by atoms with Gasteiger partial charge in [-0.05, 0) is 56.7 Å². The number of hydrogen-bond donors (Lipinski definition) is 1. The van der Waals surface area contributed by atoms with Gasteiger partial charge in [-0.2, -0.15) is 18.3 Å². The molecule has 0 spiro atoms. The Labute approximate surface area is 192 Å². The van der Waals surface area contributed by atoms with Crippen LogP contribution in [0.4, 0.5) is 19.0 Å². The lowest BCUT2D eigenvalue weighted by Gasteiger charge is -2.39. The molecule has 0 radical (unpaired) electrons. The van der Waals surface area contributed by atoms with Gasteiger partial charge in [0.05, 0.1) is 30.5 Å². The summed E-state index contributed by atoms with van der Waals surface area (Å²) in [5.74, 6) is 0.427. The van der Waals surface area contributed by atoms with E-state index in [0.29, 0.717) is 35.2 Å². The maximum absolute atomic E-state index is 13.4. The van der Waals surface area contributed by atoms with Crippen LogP contribution in [0.1, 0.15) is 63.3 Å². The minimum absolute atomic E-state index is 0.160. The Morgan fingerprint density at radius 3 is 2.58 bits per heavy atom. The van der Waals surface area contributed by atoms with Crippen LogP contribution in [-0.2, 0) is 10.9 Å². The van der Waals surface area contributed by atoms with Gasteiger partial charge in [0.1, 0.15) is 5.82 Å². The molecule has 1 aliphatic heterocycles. The number of alkyl halides is 3. The van der Waals surface area contributed by atoms with Crippen molar-refractivity contribution >= 4 is 5.82 Å². The number of likely N-dealkylation sites (N-methyl/N-ethyl adjacent to an activating group) is 1. The highest BCUT2D eigenvalue weighted by molar-refractivity contribution is 5.63. The quantitative estimate of drug-likeness (QED) is 0.671. The van der Waals surface area contributed by atoms with E-state index >= 15 is 0 Å². The van der Waals surface area contributed by atoms with Crippen LogP contribution in [0.5, 0.6) is 0 Å². The minimum Gasteiger partial charge on any atom is -0.383 e. The van der Waals surface area contributed by atoms with Gasteiger partial charge in [-0.25, -0.2) is 4.98 Å². The van der Waals surface area contributed by atoms with Gasteiger partial charge in [-0.15, -0.1) is 0 Å². The van der Waals surface area contributed by atoms with Crippen molar-refractivity contribution < 1.29 is 17.9 Å². The number of nitrogen functional groups attached to an aromatic ring is 1. The normalized spacial score (nSPS) is 30.4. The molecule has 0 aromatic carbocycles. The highest BCUT2D eigenvalue weighted by atomic mass is 19.4. The number of nitrogens with zero attached hydrogens (tertiary/aromatic N) is 4. The number of rotatable bonds is 6. The highest BCUT2D eigenvalue weighted by Gasteiger charge is 2.68. The van der Waals surface area contributed by atoms with E-state index < -0.39 is 17.6 Å². The second kappa shape index (κ2) is 7.70. The molecular formula is C24H32F3N5O. The molecule has 9 heteroatoms. The van der Waals surface area contributed by atoms with E-state index in [2.05, 4.69) is 37.7 Å². The van der Waals surface area contributed by atoms with Crippen LogP contribution in [0, 0.1) is 11.3 Å². The molecular weight excluding hydrogens is 431 g/mol. The zero-order valence-electron chi connectivity index (χ0n) is 19.6. The monoisotopic (exact) mass is 463 g/mol. The van der Waals surface area contributed by atoms with E-state index in [1.54, 1.807) is 0 Å². The van der Waals surface area contributed by atoms with Crippen molar-refractivity contribution in [3.63, 3.8) is 0 Å². The Hall–Kier alpha value is -2.13. The first-order valence-corrected chi connectivity index (χ1v) is 11.8. The highest BCUT2D eigenvalue weighted by Crippen LogP contribution is 2.73. The zero-order chi connectivity index (χ0) is 23.7. The largest absolute Gasteiger partial charge is 0.419 e. The number of anilines is 1. The van der Waals surface area contributed by atoms with Gasteiger partial charge >= 0.3 is 6.18 Å². The molecule has 2 aliphatic carbocycles. The molecule has 3 heterocycles. The van der Waals surface area contributed by atoms with Crippen LogP contribution in [0.25, 0.3) is 11.3 Å². The molecule has 2 aromatic heterocycles. The summed E-state index contributed by atoms with van der Waals surface area (Å²) >= 11 is 0. The van der Waals surface area contributed by atoms with Crippen LogP contribution in [0.2, 0.25) is 0 Å². The molecule has 33 heavy (non-hydrogen) atoms. The fraction of sp³-hybridized carbons (Fsp3) is 0.667. The van der Waals surface area contributed by atoms with E-state index in [-0.39, 0.29) is 11.5 Å². The van der Waals surface area contributed by atoms with Crippen LogP contribution in [-0.4, -0.2) is 52.0 Å². The number of nitrogens with two attached hydrogens (primary N) is 1. The second-order valence-corrected chi connectivity index (χ2v) is 10.4. The second-order valence-electron chi connectivity index (χ2n) is 10.4. The van der Waals surface area contributed by atoms with Crippen LogP contribution >= 0.6 is 0 Å². The summed E-state index contributed by atoms with van der Waals surface area (Å²) in [5.41, 5.74) is 6.78. The van der Waals surface area contributed by atoms with Crippen molar-refractivity contribution in [3.05, 3.63) is 29.6 Å². The van der Waals surface area contributed by atoms with Gasteiger partial charge in [-0.3, -0.25) is 9.58 Å². The number of fused-ring (bicyclic) bond motifs is 1. The summed E-state index contributed by atoms with van der Waals surface area (Å²) in [6.45, 7) is 8.20. The predicted molar refractivity (Wildman–Crippen MR) is 120 cm³/mol. The van der Waals surface area contributed by atoms with Gasteiger partial charge in [-0.1, -0.05) is 13.8 Å². The van der Waals surface area contributed by atoms with Crippen molar-refractivity contribution in [2.24, 2.45) is 11.3 Å². The summed E-state index contributed by atoms with van der Waals surface area (Å²) < 4.78 is 47.6. The third kappa shape index (κ3) is 3.64. The standard InChI is InChI=1S/C24H32F3N5O/c1-5-13(2)32-20(8-19(30-32)14-6-18(24(25,26)27)22(28)29-10-14)21-17-7-15(9-23(17,21)3)31(4)16-11-33-12-16/h6,8,10,13,15-17,21H,5,7,9,11-12H2,1-4H3,(H2,28,29). The first-order chi connectivity index (χ1) is 15.5. The van der Waals surface area contributed by atoms with E-state index in [0.717, 1.165) is 44.2 Å². The predicted octanol–water partition coefficient (Wildman–Crippen LogP) is 4.73. The minimum atomic E-state index is -4.55. The lowest BCUT2D eigenvalue weighted by molar-refractivity contribution is -0.137. The summed E-state index contributed by atoms with van der Waals surface area (Å²) in [7, 11) is 2.20. The maximum Gasteiger partial charge on any atom is 0.419 e. The van der Waals surface area contributed by atoms with Crippen molar-refractivity contribution in [2.45, 2.75) is 70.3 Å². The summed E-state index contributed by atoms with van der Waals surface area (Å²) in [6.07, 6.45) is -0.0145. The first-order valence-electron chi connectivity index (χ1n) is 11.8. The number of hydrogen-bond acceptors (Lipinski definition) is 5. The smallest absolute Gasteiger partial charge is 0.383 e. The molecule has 3 fully saturated rings. The lowest BCUT2D eigenvalue weighted by Crippen LogP contribution is -2.51. The van der Waals surface area contributed by atoms with E-state index in [9.17, 15) is 13.2 Å². The fourth-order valence-electron chi connectivity index (χ4n) is 5.99. The number of aromatic nitrogens is 3. The SMILES string of the molecule is CCC(C)n1nc(-c2cnc(N)c(C(F)(F)F)c2)cc1C1C2CC(N(C)C3COC3)CC21C. The van der Waals surface area contributed by atoms with Gasteiger partial charge in [0.15, 0.2) is 0 Å². The molecule has 5 atom stereocenters. The Kier molecular flexibility index (Phi) is 5.28. The molecule has 1 saturated heterocycles. The molecule has 5 rings (SSSR count). The molecule has 0 amide bonds. The Morgan fingerprint density at radius 2 is 2.03 bits per heavy atom. The van der Waals surface area contributed by atoms with Crippen molar-refractivity contribution in [1.82, 2.24) is 19.7 Å². The third-order valence-electron chi connectivity index (χ3n) is 8.44. The van der Waals surface area contributed by atoms with Gasteiger partial charge in [0, 0.05) is 35.5 Å². The molecule has 0 bridgehead atoms. The Balaban J connectivity index is 1.44. The van der Waals surface area contributed by atoms with Crippen molar-refractivity contribution in [3.8, 4) is 11.3 Å². The van der Waals surface area contributed by atoms with Crippen molar-refractivity contribution in [1.29, 1.82) is 0 Å². The number of ether oxygens (including phenoxy) is 1. The average Bonchev–Trinajstić information content (AvgIpc) is 3.04. The van der Waals surface area contributed by atoms with Crippen molar-refractivity contribution in [2.75, 3.05) is 26.0 Å². The van der Waals surface area contributed by atoms with Crippen LogP contribution in [0.3, 0.4) is 0 Å². The maximum atomic E-state index is 13.4. The molecule has 2 aromatic rings. The molecule has 3 aliphatic rings. The number of pyridine rings is 1. The number of halogens is 3. The molecule has 180 valence electrons. The Bertz CT molecular complexity index is 1050. The third-order valence-corrected chi connectivity index (χ3v) is 8.44. The molecule has 2 saturated carbocycles. The fourth-order valence-corrected chi connectivity index (χ4v) is 5.99. The van der Waals surface area contributed by atoms with E-state index in [4.69, 9.17) is 15.6 Å². The molecule has 5 unspecified atom stereocenters. The van der Waals surface area contributed by atoms with Gasteiger partial charge in [0.2, 0.25) is 0 Å². The topological polar surface area (TPSA) is 69.2 Å². The summed E-state index contributed by atoms with van der Waals surface area (Å²) in [5, 5.41) is 4.77. The van der Waals surface area contributed by atoms with Gasteiger partial charge in [0.25, 0.3) is 0 Å². The molecule has 6 nitrogen and oxygen atoms in total.